The number of nitrogens with zero attached hydrogens (tertiary/aromatic N) is 3. The molecule has 0 aliphatic rings. The lowest BCUT2D eigenvalue weighted by atomic mass is 10.3. The standard InChI is InChI=1S/C14H12Br3N3/c1-20(2)11-5-3-10(4-6-11)18-19-14-12(16)7-9(15)8-13(14)17/h3-8H,1-2H3. The molecule has 0 saturated carbocycles. The molecule has 2 rings (SSSR count). The Bertz CT molecular complexity index is 614. The molecule has 0 heterocycles. The summed E-state index contributed by atoms with van der Waals surface area (Å²) in [5, 5.41) is 8.55. The van der Waals surface area contributed by atoms with Gasteiger partial charge in [0.2, 0.25) is 0 Å². The van der Waals surface area contributed by atoms with E-state index >= 15 is 0 Å². The Kier molecular flexibility index (Phi) is 5.35. The number of hydrogen-bond acceptors (Lipinski definition) is 3. The fourth-order valence-corrected chi connectivity index (χ4v) is 3.97. The van der Waals surface area contributed by atoms with E-state index in [1.165, 1.54) is 0 Å². The van der Waals surface area contributed by atoms with Gasteiger partial charge in [0.05, 0.1) is 5.69 Å². The van der Waals surface area contributed by atoms with Gasteiger partial charge in [0.25, 0.3) is 0 Å². The zero-order valence-electron chi connectivity index (χ0n) is 10.9. The van der Waals surface area contributed by atoms with Crippen LogP contribution in [-0.2, 0) is 0 Å². The molecule has 0 saturated heterocycles. The molecule has 0 atom stereocenters. The van der Waals surface area contributed by atoms with Gasteiger partial charge in [-0.2, -0.15) is 5.11 Å². The van der Waals surface area contributed by atoms with Gasteiger partial charge < -0.3 is 4.90 Å². The number of halogens is 3. The number of hydrogen-bond donors (Lipinski definition) is 0. The molecule has 20 heavy (non-hydrogen) atoms. The first-order valence-corrected chi connectivity index (χ1v) is 8.19. The maximum absolute atomic E-state index is 4.29. The highest BCUT2D eigenvalue weighted by Crippen LogP contribution is 2.37. The Morgan fingerprint density at radius 1 is 0.850 bits per heavy atom. The van der Waals surface area contributed by atoms with Gasteiger partial charge in [-0.15, -0.1) is 5.11 Å². The van der Waals surface area contributed by atoms with Crippen LogP contribution in [0, 0.1) is 0 Å². The minimum absolute atomic E-state index is 0.768. The predicted octanol–water partition coefficient (Wildman–Crippen LogP) is 6.46. The first-order chi connectivity index (χ1) is 9.47. The van der Waals surface area contributed by atoms with E-state index in [0.29, 0.717) is 0 Å². The van der Waals surface area contributed by atoms with Crippen LogP contribution >= 0.6 is 47.8 Å². The predicted molar refractivity (Wildman–Crippen MR) is 94.5 cm³/mol. The van der Waals surface area contributed by atoms with Crippen LogP contribution in [0.25, 0.3) is 0 Å². The Morgan fingerprint density at radius 2 is 1.40 bits per heavy atom. The first-order valence-electron chi connectivity index (χ1n) is 5.81. The van der Waals surface area contributed by atoms with Crippen LogP contribution in [-0.4, -0.2) is 14.1 Å². The van der Waals surface area contributed by atoms with E-state index in [1.54, 1.807) is 0 Å². The van der Waals surface area contributed by atoms with Crippen molar-refractivity contribution in [2.75, 3.05) is 19.0 Å². The van der Waals surface area contributed by atoms with E-state index < -0.39 is 0 Å². The lowest BCUT2D eigenvalue weighted by Gasteiger charge is -2.11. The average Bonchev–Trinajstić information content (AvgIpc) is 2.38. The largest absolute Gasteiger partial charge is 0.378 e. The molecule has 0 aliphatic carbocycles. The summed E-state index contributed by atoms with van der Waals surface area (Å²) in [6.45, 7) is 0. The van der Waals surface area contributed by atoms with Crippen molar-refractivity contribution in [2.45, 2.75) is 0 Å². The van der Waals surface area contributed by atoms with Crippen LogP contribution in [0.2, 0.25) is 0 Å². The van der Waals surface area contributed by atoms with Gasteiger partial charge in [-0.1, -0.05) is 15.9 Å². The van der Waals surface area contributed by atoms with Crippen molar-refractivity contribution >= 4 is 64.9 Å². The second kappa shape index (κ2) is 6.83. The molecule has 0 bridgehead atoms. The zero-order valence-corrected chi connectivity index (χ0v) is 15.7. The highest BCUT2D eigenvalue weighted by atomic mass is 79.9. The third-order valence-corrected chi connectivity index (χ3v) is 4.28. The van der Waals surface area contributed by atoms with Gasteiger partial charge >= 0.3 is 0 Å². The summed E-state index contributed by atoms with van der Waals surface area (Å²) in [5.41, 5.74) is 2.72. The van der Waals surface area contributed by atoms with Crippen LogP contribution in [0.1, 0.15) is 0 Å². The van der Waals surface area contributed by atoms with Gasteiger partial charge in [-0.25, -0.2) is 0 Å². The highest BCUT2D eigenvalue weighted by Gasteiger charge is 2.06. The molecule has 0 aromatic heterocycles. The lowest BCUT2D eigenvalue weighted by Crippen LogP contribution is -2.07. The van der Waals surface area contributed by atoms with E-state index in [-0.39, 0.29) is 0 Å². The maximum atomic E-state index is 4.29. The Hall–Kier alpha value is -0.720. The molecule has 0 unspecified atom stereocenters. The molecule has 0 radical (unpaired) electrons. The summed E-state index contributed by atoms with van der Waals surface area (Å²) in [7, 11) is 4.01. The van der Waals surface area contributed by atoms with Gasteiger partial charge in [0.15, 0.2) is 0 Å². The monoisotopic (exact) mass is 459 g/mol. The lowest BCUT2D eigenvalue weighted by molar-refractivity contribution is 1.13. The summed E-state index contributed by atoms with van der Waals surface area (Å²) >= 11 is 10.4. The molecular weight excluding hydrogens is 450 g/mol. The molecule has 3 nitrogen and oxygen atoms in total. The number of anilines is 1. The normalized spacial score (nSPS) is 11.1. The second-order valence-corrected chi connectivity index (χ2v) is 6.95. The summed E-state index contributed by atoms with van der Waals surface area (Å²) < 4.78 is 2.74. The molecule has 2 aromatic carbocycles. The van der Waals surface area contributed by atoms with Crippen LogP contribution < -0.4 is 4.90 Å². The van der Waals surface area contributed by atoms with E-state index in [4.69, 9.17) is 0 Å². The second-order valence-electron chi connectivity index (χ2n) is 4.33. The maximum Gasteiger partial charge on any atom is 0.114 e. The summed E-state index contributed by atoms with van der Waals surface area (Å²) in [4.78, 5) is 2.04. The fraction of sp³-hybridized carbons (Fsp3) is 0.143. The van der Waals surface area contributed by atoms with Crippen molar-refractivity contribution in [2.24, 2.45) is 10.2 Å². The first kappa shape index (κ1) is 15.7. The Labute approximate surface area is 143 Å². The minimum atomic E-state index is 0.768. The summed E-state index contributed by atoms with van der Waals surface area (Å²) in [6.07, 6.45) is 0. The van der Waals surface area contributed by atoms with Crippen molar-refractivity contribution < 1.29 is 0 Å². The van der Waals surface area contributed by atoms with Crippen LogP contribution in [0.5, 0.6) is 0 Å². The summed E-state index contributed by atoms with van der Waals surface area (Å²) in [5.74, 6) is 0. The topological polar surface area (TPSA) is 28.0 Å². The zero-order chi connectivity index (χ0) is 14.7. The van der Waals surface area contributed by atoms with Gasteiger partial charge in [0, 0.05) is 33.2 Å². The van der Waals surface area contributed by atoms with Crippen molar-refractivity contribution in [1.82, 2.24) is 0 Å². The average molecular weight is 462 g/mol. The highest BCUT2D eigenvalue weighted by molar-refractivity contribution is 9.11. The molecule has 104 valence electrons. The van der Waals surface area contributed by atoms with Gasteiger partial charge in [-0.3, -0.25) is 0 Å². The van der Waals surface area contributed by atoms with E-state index in [9.17, 15) is 0 Å². The molecule has 0 spiro atoms. The SMILES string of the molecule is CN(C)c1ccc(N=Nc2c(Br)cc(Br)cc2Br)cc1. The van der Waals surface area contributed by atoms with Crippen molar-refractivity contribution in [3.05, 3.63) is 49.8 Å². The fourth-order valence-electron chi connectivity index (χ4n) is 1.56. The van der Waals surface area contributed by atoms with E-state index in [1.807, 2.05) is 55.4 Å². The molecule has 0 N–H and O–H groups in total. The Balaban J connectivity index is 2.25. The number of benzene rings is 2. The van der Waals surface area contributed by atoms with Gasteiger partial charge in [0.1, 0.15) is 5.69 Å². The smallest absolute Gasteiger partial charge is 0.114 e. The minimum Gasteiger partial charge on any atom is -0.378 e. The van der Waals surface area contributed by atoms with Crippen molar-refractivity contribution in [3.63, 3.8) is 0 Å². The summed E-state index contributed by atoms with van der Waals surface area (Å²) in [6, 6.07) is 11.8. The molecular formula is C14H12Br3N3. The van der Waals surface area contributed by atoms with E-state index in [0.717, 1.165) is 30.5 Å². The molecule has 0 aliphatic heterocycles. The number of rotatable bonds is 3. The van der Waals surface area contributed by atoms with Crippen LogP contribution in [0.3, 0.4) is 0 Å². The van der Waals surface area contributed by atoms with E-state index in [2.05, 4.69) is 58.0 Å². The molecule has 6 heteroatoms. The van der Waals surface area contributed by atoms with Gasteiger partial charge in [-0.05, 0) is 68.3 Å². The third-order valence-electron chi connectivity index (χ3n) is 2.61. The number of azo groups is 1. The molecule has 0 amide bonds. The Morgan fingerprint density at radius 3 is 1.90 bits per heavy atom. The quantitative estimate of drug-likeness (QED) is 0.482. The molecule has 2 aromatic rings. The third kappa shape index (κ3) is 3.90. The van der Waals surface area contributed by atoms with Crippen molar-refractivity contribution in [3.8, 4) is 0 Å². The van der Waals surface area contributed by atoms with Crippen LogP contribution in [0.4, 0.5) is 17.1 Å². The van der Waals surface area contributed by atoms with Crippen molar-refractivity contribution in [1.29, 1.82) is 0 Å². The molecule has 0 fully saturated rings. The van der Waals surface area contributed by atoms with Crippen LogP contribution in [0.15, 0.2) is 60.0 Å².